The third-order valence-corrected chi connectivity index (χ3v) is 4.91. The summed E-state index contributed by atoms with van der Waals surface area (Å²) < 4.78 is 0. The predicted octanol–water partition coefficient (Wildman–Crippen LogP) is 4.95. The van der Waals surface area contributed by atoms with E-state index in [-0.39, 0.29) is 0 Å². The number of hydrogen-bond donors (Lipinski definition) is 1. The summed E-state index contributed by atoms with van der Waals surface area (Å²) in [5.41, 5.74) is 7.99. The Morgan fingerprint density at radius 1 is 1.00 bits per heavy atom. The maximum absolute atomic E-state index is 6.42. The van der Waals surface area contributed by atoms with Crippen LogP contribution in [0.15, 0.2) is 11.6 Å². The Balaban J connectivity index is 1.73. The van der Waals surface area contributed by atoms with Gasteiger partial charge < -0.3 is 5.73 Å². The van der Waals surface area contributed by atoms with E-state index in [4.69, 9.17) is 5.73 Å². The van der Waals surface area contributed by atoms with E-state index in [1.54, 1.807) is 5.57 Å². The van der Waals surface area contributed by atoms with Crippen molar-refractivity contribution < 1.29 is 0 Å². The highest BCUT2D eigenvalue weighted by Gasteiger charge is 2.16. The van der Waals surface area contributed by atoms with Crippen LogP contribution in [0.5, 0.6) is 0 Å². The van der Waals surface area contributed by atoms with E-state index in [1.807, 2.05) is 0 Å². The molecule has 0 aromatic carbocycles. The normalized spacial score (nSPS) is 25.1. The Kier molecular flexibility index (Phi) is 6.26. The number of allylic oxidation sites excluding steroid dienone is 1. The largest absolute Gasteiger partial charge is 0.324 e. The van der Waals surface area contributed by atoms with Crippen molar-refractivity contribution in [3.63, 3.8) is 0 Å². The molecule has 0 amide bonds. The fourth-order valence-corrected chi connectivity index (χ4v) is 3.63. The van der Waals surface area contributed by atoms with Gasteiger partial charge in [-0.2, -0.15) is 0 Å². The van der Waals surface area contributed by atoms with Gasteiger partial charge in [0.05, 0.1) is 0 Å². The van der Waals surface area contributed by atoms with E-state index in [0.717, 1.165) is 5.92 Å². The molecule has 1 heteroatoms. The molecule has 1 atom stereocenters. The van der Waals surface area contributed by atoms with Crippen LogP contribution in [0.4, 0.5) is 0 Å². The zero-order valence-electron chi connectivity index (χ0n) is 12.0. The highest BCUT2D eigenvalue weighted by Crippen LogP contribution is 2.29. The molecule has 18 heavy (non-hydrogen) atoms. The van der Waals surface area contributed by atoms with Crippen LogP contribution in [0, 0.1) is 5.92 Å². The van der Waals surface area contributed by atoms with E-state index >= 15 is 0 Å². The standard InChI is InChI=1S/C17H31N/c18-17(14-13-15-9-5-4-6-10-15)16-11-7-2-1-3-8-12-16/h11,15,17H,1-10,12-14,18H2. The lowest BCUT2D eigenvalue weighted by Crippen LogP contribution is -2.24. The molecule has 0 aliphatic heterocycles. The van der Waals surface area contributed by atoms with Gasteiger partial charge >= 0.3 is 0 Å². The van der Waals surface area contributed by atoms with Crippen molar-refractivity contribution in [2.75, 3.05) is 0 Å². The molecule has 0 bridgehead atoms. The second kappa shape index (κ2) is 7.99. The average Bonchev–Trinajstić information content (AvgIpc) is 2.37. The maximum Gasteiger partial charge on any atom is 0.0253 e. The smallest absolute Gasteiger partial charge is 0.0253 e. The first kappa shape index (κ1) is 14.1. The lowest BCUT2D eigenvalue weighted by molar-refractivity contribution is 0.326. The quantitative estimate of drug-likeness (QED) is 0.701. The van der Waals surface area contributed by atoms with E-state index < -0.39 is 0 Å². The molecule has 2 N–H and O–H groups in total. The Morgan fingerprint density at radius 3 is 2.56 bits per heavy atom. The first-order chi connectivity index (χ1) is 8.86. The molecule has 1 nitrogen and oxygen atoms in total. The zero-order chi connectivity index (χ0) is 12.6. The number of nitrogens with two attached hydrogens (primary N) is 1. The van der Waals surface area contributed by atoms with Gasteiger partial charge in [-0.1, -0.05) is 56.6 Å². The summed E-state index contributed by atoms with van der Waals surface area (Å²) in [5, 5.41) is 0. The molecule has 0 aromatic heterocycles. The van der Waals surface area contributed by atoms with Crippen molar-refractivity contribution in [2.45, 2.75) is 89.5 Å². The van der Waals surface area contributed by atoms with Gasteiger partial charge in [-0.3, -0.25) is 0 Å². The molecular formula is C17H31N. The van der Waals surface area contributed by atoms with Gasteiger partial charge in [0.15, 0.2) is 0 Å². The van der Waals surface area contributed by atoms with Crippen molar-refractivity contribution >= 4 is 0 Å². The summed E-state index contributed by atoms with van der Waals surface area (Å²) in [4.78, 5) is 0. The summed E-state index contributed by atoms with van der Waals surface area (Å²) in [6.45, 7) is 0. The van der Waals surface area contributed by atoms with E-state index in [1.165, 1.54) is 83.5 Å². The van der Waals surface area contributed by atoms with E-state index in [2.05, 4.69) is 6.08 Å². The van der Waals surface area contributed by atoms with Crippen LogP contribution in [0.1, 0.15) is 83.5 Å². The minimum absolute atomic E-state index is 0.366. The van der Waals surface area contributed by atoms with Gasteiger partial charge in [0.2, 0.25) is 0 Å². The first-order valence-electron chi connectivity index (χ1n) is 8.31. The number of hydrogen-bond acceptors (Lipinski definition) is 1. The van der Waals surface area contributed by atoms with Gasteiger partial charge in [-0.05, 0) is 44.4 Å². The molecule has 0 spiro atoms. The molecule has 2 aliphatic rings. The van der Waals surface area contributed by atoms with E-state index in [0.29, 0.717) is 6.04 Å². The van der Waals surface area contributed by atoms with Crippen LogP contribution in [-0.2, 0) is 0 Å². The van der Waals surface area contributed by atoms with Gasteiger partial charge in [-0.15, -0.1) is 0 Å². The molecule has 0 saturated heterocycles. The monoisotopic (exact) mass is 249 g/mol. The minimum Gasteiger partial charge on any atom is -0.324 e. The van der Waals surface area contributed by atoms with Crippen LogP contribution in [0.3, 0.4) is 0 Å². The van der Waals surface area contributed by atoms with Crippen molar-refractivity contribution in [1.82, 2.24) is 0 Å². The summed E-state index contributed by atoms with van der Waals surface area (Å²) in [6, 6.07) is 0.366. The molecule has 1 saturated carbocycles. The topological polar surface area (TPSA) is 26.0 Å². The lowest BCUT2D eigenvalue weighted by Gasteiger charge is -2.24. The van der Waals surface area contributed by atoms with Gasteiger partial charge in [0.25, 0.3) is 0 Å². The minimum atomic E-state index is 0.366. The highest BCUT2D eigenvalue weighted by molar-refractivity contribution is 5.10. The van der Waals surface area contributed by atoms with Crippen molar-refractivity contribution in [2.24, 2.45) is 11.7 Å². The van der Waals surface area contributed by atoms with Crippen LogP contribution in [0.2, 0.25) is 0 Å². The Labute approximate surface area is 113 Å². The molecule has 1 unspecified atom stereocenters. The molecule has 104 valence electrons. The summed E-state index contributed by atoms with van der Waals surface area (Å²) >= 11 is 0. The third-order valence-electron chi connectivity index (χ3n) is 4.91. The number of rotatable bonds is 4. The second-order valence-corrected chi connectivity index (χ2v) is 6.42. The van der Waals surface area contributed by atoms with Gasteiger partial charge in [0.1, 0.15) is 0 Å². The van der Waals surface area contributed by atoms with Gasteiger partial charge in [0, 0.05) is 6.04 Å². The van der Waals surface area contributed by atoms with E-state index in [9.17, 15) is 0 Å². The first-order valence-corrected chi connectivity index (χ1v) is 8.31. The maximum atomic E-state index is 6.42. The highest BCUT2D eigenvalue weighted by atomic mass is 14.6. The Bertz CT molecular complexity index is 250. The third kappa shape index (κ3) is 4.76. The summed E-state index contributed by atoms with van der Waals surface area (Å²) in [5.74, 6) is 0.985. The molecule has 1 fully saturated rings. The zero-order valence-corrected chi connectivity index (χ0v) is 12.0. The van der Waals surface area contributed by atoms with Crippen LogP contribution < -0.4 is 5.73 Å². The predicted molar refractivity (Wildman–Crippen MR) is 79.6 cm³/mol. The SMILES string of the molecule is NC(CCC1CCCCC1)C1=CCCCCCC1. The van der Waals surface area contributed by atoms with Crippen molar-refractivity contribution in [3.8, 4) is 0 Å². The fourth-order valence-electron chi connectivity index (χ4n) is 3.63. The van der Waals surface area contributed by atoms with Crippen molar-refractivity contribution in [3.05, 3.63) is 11.6 Å². The molecule has 2 aliphatic carbocycles. The Hall–Kier alpha value is -0.300. The molecule has 0 radical (unpaired) electrons. The summed E-state index contributed by atoms with van der Waals surface area (Å²) in [6.07, 6.45) is 20.5. The van der Waals surface area contributed by atoms with Crippen molar-refractivity contribution in [1.29, 1.82) is 0 Å². The summed E-state index contributed by atoms with van der Waals surface area (Å²) in [7, 11) is 0. The molecule has 2 rings (SSSR count). The molecule has 0 aromatic rings. The average molecular weight is 249 g/mol. The Morgan fingerprint density at radius 2 is 1.72 bits per heavy atom. The van der Waals surface area contributed by atoms with Crippen LogP contribution >= 0.6 is 0 Å². The molecule has 0 heterocycles. The molecular weight excluding hydrogens is 218 g/mol. The second-order valence-electron chi connectivity index (χ2n) is 6.42. The van der Waals surface area contributed by atoms with Crippen LogP contribution in [-0.4, -0.2) is 6.04 Å². The fraction of sp³-hybridized carbons (Fsp3) is 0.882. The van der Waals surface area contributed by atoms with Crippen LogP contribution in [0.25, 0.3) is 0 Å². The lowest BCUT2D eigenvalue weighted by atomic mass is 9.84. The van der Waals surface area contributed by atoms with Gasteiger partial charge in [-0.25, -0.2) is 0 Å².